The molecular formula is C30H30IN5O7. The second-order valence-electron chi connectivity index (χ2n) is 9.94. The topological polar surface area (TPSA) is 144 Å². The van der Waals surface area contributed by atoms with Gasteiger partial charge in [-0.25, -0.2) is 15.0 Å². The summed E-state index contributed by atoms with van der Waals surface area (Å²) < 4.78 is 24.5. The number of carbonyl (C=O) groups excluding carboxylic acids is 3. The maximum Gasteiger partial charge on any atom is 0.303 e. The van der Waals surface area contributed by atoms with Gasteiger partial charge in [-0.3, -0.25) is 19.0 Å². The van der Waals surface area contributed by atoms with E-state index in [4.69, 9.17) is 18.9 Å². The molecule has 0 aliphatic carbocycles. The number of hydrogen-bond donors (Lipinski definition) is 1. The van der Waals surface area contributed by atoms with Gasteiger partial charge in [0, 0.05) is 55.8 Å². The van der Waals surface area contributed by atoms with Crippen LogP contribution >= 0.6 is 22.6 Å². The summed E-state index contributed by atoms with van der Waals surface area (Å²) in [7, 11) is 0. The summed E-state index contributed by atoms with van der Waals surface area (Å²) in [6.45, 7) is 4.05. The number of halogens is 1. The van der Waals surface area contributed by atoms with Crippen LogP contribution in [-0.4, -0.2) is 68.9 Å². The highest BCUT2D eigenvalue weighted by molar-refractivity contribution is 14.1. The van der Waals surface area contributed by atoms with E-state index >= 15 is 0 Å². The van der Waals surface area contributed by atoms with Crippen LogP contribution in [0.5, 0.6) is 0 Å². The van der Waals surface area contributed by atoms with Gasteiger partial charge in [-0.15, -0.1) is 0 Å². The maximum absolute atomic E-state index is 12.1. The van der Waals surface area contributed by atoms with Crippen molar-refractivity contribution in [1.29, 1.82) is 0 Å². The van der Waals surface area contributed by atoms with Gasteiger partial charge in [0.1, 0.15) is 12.7 Å². The second kappa shape index (κ2) is 13.5. The van der Waals surface area contributed by atoms with Gasteiger partial charge in [-0.05, 0) is 11.1 Å². The predicted molar refractivity (Wildman–Crippen MR) is 163 cm³/mol. The molecule has 4 atom stereocenters. The standard InChI is InChI=1S/C30H30IN5O7/c1-17(37)40-15-23-25(41-18(2)38)26(42-19(3)39)29(43-23)36-16-33-24-27(34-30(31)35-28(24)36)32-14-22(20-10-6-4-7-11-20)21-12-8-5-9-13-21/h4-13,16,22-23,25-26,29H,14-15H2,1-3H3,(H,32,34,35). The smallest absolute Gasteiger partial charge is 0.303 e. The summed E-state index contributed by atoms with van der Waals surface area (Å²) in [4.78, 5) is 49.4. The van der Waals surface area contributed by atoms with Gasteiger partial charge < -0.3 is 24.3 Å². The molecule has 2 aromatic carbocycles. The van der Waals surface area contributed by atoms with E-state index in [1.54, 1.807) is 4.57 Å². The van der Waals surface area contributed by atoms with Crippen molar-refractivity contribution in [2.24, 2.45) is 0 Å². The molecule has 0 spiro atoms. The highest BCUT2D eigenvalue weighted by Gasteiger charge is 2.51. The molecule has 13 heteroatoms. The van der Waals surface area contributed by atoms with Gasteiger partial charge in [0.2, 0.25) is 0 Å². The zero-order chi connectivity index (χ0) is 30.5. The Labute approximate surface area is 261 Å². The minimum atomic E-state index is -1.07. The first kappa shape index (κ1) is 30.4. The average Bonchev–Trinajstić information content (AvgIpc) is 3.53. The lowest BCUT2D eigenvalue weighted by Crippen LogP contribution is -2.40. The summed E-state index contributed by atoms with van der Waals surface area (Å²) in [6, 6.07) is 20.4. The number of ether oxygens (including phenoxy) is 4. The van der Waals surface area contributed by atoms with E-state index in [9.17, 15) is 14.4 Å². The van der Waals surface area contributed by atoms with Crippen molar-refractivity contribution in [2.45, 2.75) is 51.2 Å². The molecular weight excluding hydrogens is 669 g/mol. The molecule has 1 saturated heterocycles. The fraction of sp³-hybridized carbons (Fsp3) is 0.333. The quantitative estimate of drug-likeness (QED) is 0.111. The zero-order valence-electron chi connectivity index (χ0n) is 23.7. The Hall–Kier alpha value is -4.11. The summed E-state index contributed by atoms with van der Waals surface area (Å²) in [5.74, 6) is -1.20. The Morgan fingerprint density at radius 1 is 0.907 bits per heavy atom. The normalized spacial score (nSPS) is 19.7. The molecule has 4 aromatic rings. The molecule has 43 heavy (non-hydrogen) atoms. The van der Waals surface area contributed by atoms with Gasteiger partial charge in [0.25, 0.3) is 0 Å². The molecule has 1 fully saturated rings. The van der Waals surface area contributed by atoms with E-state index < -0.39 is 42.4 Å². The van der Waals surface area contributed by atoms with Crippen molar-refractivity contribution in [2.75, 3.05) is 18.5 Å². The van der Waals surface area contributed by atoms with Crippen LogP contribution < -0.4 is 5.32 Å². The SMILES string of the molecule is CC(=O)OCC1OC(n2cnc3c(NCC(c4ccccc4)c4ccccc4)nc(I)nc32)C(OC(C)=O)C1OC(C)=O. The average molecular weight is 700 g/mol. The number of benzene rings is 2. The maximum atomic E-state index is 12.1. The number of carbonyl (C=O) groups is 3. The van der Waals surface area contributed by atoms with Gasteiger partial charge in [-0.2, -0.15) is 0 Å². The first-order valence-electron chi connectivity index (χ1n) is 13.6. The van der Waals surface area contributed by atoms with Gasteiger partial charge in [-0.1, -0.05) is 60.7 Å². The van der Waals surface area contributed by atoms with Crippen molar-refractivity contribution in [3.8, 4) is 0 Å². The van der Waals surface area contributed by atoms with Crippen LogP contribution in [0.1, 0.15) is 44.0 Å². The van der Waals surface area contributed by atoms with Crippen LogP contribution in [-0.2, 0) is 33.3 Å². The van der Waals surface area contributed by atoms with Crippen LogP contribution in [0.15, 0.2) is 67.0 Å². The largest absolute Gasteiger partial charge is 0.463 e. The van der Waals surface area contributed by atoms with Crippen molar-refractivity contribution in [3.05, 3.63) is 81.9 Å². The minimum Gasteiger partial charge on any atom is -0.463 e. The first-order chi connectivity index (χ1) is 20.7. The molecule has 0 radical (unpaired) electrons. The van der Waals surface area contributed by atoms with E-state index in [2.05, 4.69) is 44.5 Å². The van der Waals surface area contributed by atoms with E-state index in [0.29, 0.717) is 27.4 Å². The van der Waals surface area contributed by atoms with E-state index in [1.165, 1.54) is 27.1 Å². The van der Waals surface area contributed by atoms with Gasteiger partial charge >= 0.3 is 17.9 Å². The highest BCUT2D eigenvalue weighted by atomic mass is 127. The van der Waals surface area contributed by atoms with Crippen molar-refractivity contribution in [1.82, 2.24) is 19.5 Å². The first-order valence-corrected chi connectivity index (χ1v) is 14.7. The molecule has 5 rings (SSSR count). The van der Waals surface area contributed by atoms with Gasteiger partial charge in [0.15, 0.2) is 39.2 Å². The van der Waals surface area contributed by atoms with Crippen LogP contribution in [0.2, 0.25) is 0 Å². The Morgan fingerprint density at radius 2 is 1.51 bits per heavy atom. The summed E-state index contributed by atoms with van der Waals surface area (Å²) in [5.41, 5.74) is 3.17. The number of fused-ring (bicyclic) bond motifs is 1. The van der Waals surface area contributed by atoms with E-state index in [-0.39, 0.29) is 12.5 Å². The van der Waals surface area contributed by atoms with Gasteiger partial charge in [0.05, 0.1) is 6.33 Å². The second-order valence-corrected chi connectivity index (χ2v) is 10.9. The molecule has 1 aliphatic heterocycles. The Kier molecular flexibility index (Phi) is 9.50. The molecule has 12 nitrogen and oxygen atoms in total. The summed E-state index contributed by atoms with van der Waals surface area (Å²) in [5, 5.41) is 3.46. The number of nitrogens with zero attached hydrogens (tertiary/aromatic N) is 4. The molecule has 0 saturated carbocycles. The number of esters is 3. The van der Waals surface area contributed by atoms with Crippen LogP contribution in [0, 0.1) is 3.83 Å². The third-order valence-corrected chi connectivity index (χ3v) is 7.37. The third kappa shape index (κ3) is 7.10. The van der Waals surface area contributed by atoms with Crippen LogP contribution in [0.3, 0.4) is 0 Å². The van der Waals surface area contributed by atoms with E-state index in [1.807, 2.05) is 59.0 Å². The minimum absolute atomic E-state index is 0.0326. The number of hydrogen-bond acceptors (Lipinski definition) is 11. The number of anilines is 1. The van der Waals surface area contributed by atoms with Crippen LogP contribution in [0.4, 0.5) is 5.82 Å². The van der Waals surface area contributed by atoms with Crippen LogP contribution in [0.25, 0.3) is 11.2 Å². The number of imidazole rings is 1. The fourth-order valence-electron chi connectivity index (χ4n) is 5.11. The molecule has 1 N–H and O–H groups in total. The molecule has 224 valence electrons. The molecule has 2 aromatic heterocycles. The monoisotopic (exact) mass is 699 g/mol. The lowest BCUT2D eigenvalue weighted by Gasteiger charge is -2.23. The summed E-state index contributed by atoms with van der Waals surface area (Å²) >= 11 is 2.02. The fourth-order valence-corrected chi connectivity index (χ4v) is 5.58. The van der Waals surface area contributed by atoms with Crippen molar-refractivity contribution in [3.63, 3.8) is 0 Å². The number of nitrogens with one attached hydrogen (secondary N) is 1. The third-order valence-electron chi connectivity index (χ3n) is 6.89. The highest BCUT2D eigenvalue weighted by Crippen LogP contribution is 2.37. The molecule has 4 unspecified atom stereocenters. The molecule has 1 aliphatic rings. The van der Waals surface area contributed by atoms with E-state index in [0.717, 1.165) is 11.1 Å². The Morgan fingerprint density at radius 3 is 2.09 bits per heavy atom. The molecule has 3 heterocycles. The van der Waals surface area contributed by atoms with Crippen molar-refractivity contribution < 1.29 is 33.3 Å². The lowest BCUT2D eigenvalue weighted by molar-refractivity contribution is -0.166. The molecule has 0 bridgehead atoms. The van der Waals surface area contributed by atoms with Crippen molar-refractivity contribution >= 4 is 57.5 Å². The summed E-state index contributed by atoms with van der Waals surface area (Å²) in [6.07, 6.45) is -2.50. The Bertz CT molecular complexity index is 1560. The Balaban J connectivity index is 1.49. The lowest BCUT2D eigenvalue weighted by atomic mass is 9.91. The zero-order valence-corrected chi connectivity index (χ0v) is 25.8. The number of rotatable bonds is 10. The molecule has 0 amide bonds. The predicted octanol–water partition coefficient (Wildman–Crippen LogP) is 4.00. The number of aromatic nitrogens is 4.